The highest BCUT2D eigenvalue weighted by molar-refractivity contribution is 7.99. The number of carbonyl (C=O) groups excluding carboxylic acids is 1. The number of para-hydroxylation sites is 1. The zero-order valence-corrected chi connectivity index (χ0v) is 33.2. The number of aliphatic imine (C=N–C) groups is 1. The number of carbonyl (C=O) groups is 1. The first-order valence-electron chi connectivity index (χ1n) is 18.6. The van der Waals surface area contributed by atoms with Crippen molar-refractivity contribution >= 4 is 44.9 Å². The Balaban J connectivity index is 1.85. The molecule has 1 amide bonds. The molecule has 1 atom stereocenters. The lowest BCUT2D eigenvalue weighted by Gasteiger charge is -2.33. The lowest BCUT2D eigenvalue weighted by atomic mass is 9.87. The Morgan fingerprint density at radius 1 is 0.981 bits per heavy atom. The van der Waals surface area contributed by atoms with Crippen molar-refractivity contribution in [3.8, 4) is 5.88 Å². The molecule has 0 fully saturated rings. The molecule has 0 bridgehead atoms. The van der Waals surface area contributed by atoms with Gasteiger partial charge in [0.05, 0.1) is 11.4 Å². The molecule has 286 valence electrons. The molecule has 1 aromatic heterocycles. The van der Waals surface area contributed by atoms with Gasteiger partial charge < -0.3 is 19.6 Å². The fraction of sp³-hybridized carbons (Fsp3) is 0.564. The number of hydrogen-bond acceptors (Lipinski definition) is 9. The Labute approximate surface area is 313 Å². The van der Waals surface area contributed by atoms with Crippen LogP contribution < -0.4 is 11.1 Å². The molecule has 11 nitrogen and oxygen atoms in total. The lowest BCUT2D eigenvalue weighted by Crippen LogP contribution is -2.49. The number of sulfonamides is 1. The molecule has 1 aliphatic heterocycles. The molecular formula is C39H56N4O7S2. The van der Waals surface area contributed by atoms with Crippen molar-refractivity contribution in [2.45, 2.75) is 127 Å². The fourth-order valence-electron chi connectivity index (χ4n) is 5.91. The van der Waals surface area contributed by atoms with Crippen molar-refractivity contribution in [3.63, 3.8) is 0 Å². The summed E-state index contributed by atoms with van der Waals surface area (Å²) >= 11 is 1.63. The van der Waals surface area contributed by atoms with Gasteiger partial charge in [-0.2, -0.15) is 0 Å². The number of anilines is 1. The maximum absolute atomic E-state index is 14.8. The Hall–Kier alpha value is -3.55. The van der Waals surface area contributed by atoms with E-state index in [9.17, 15) is 23.1 Å². The Bertz CT molecular complexity index is 1840. The molecular weight excluding hydrogens is 701 g/mol. The first-order valence-corrected chi connectivity index (χ1v) is 21.1. The third-order valence-electron chi connectivity index (χ3n) is 8.97. The number of unbranched alkanes of at least 4 members (excludes halogenated alkanes) is 5. The number of nitrogens with zero attached hydrogens (tertiary/aromatic N) is 3. The van der Waals surface area contributed by atoms with Crippen LogP contribution in [0.5, 0.6) is 5.88 Å². The average molecular weight is 757 g/mol. The van der Waals surface area contributed by atoms with Crippen LogP contribution >= 0.6 is 11.8 Å². The van der Waals surface area contributed by atoms with E-state index in [1.807, 2.05) is 25.1 Å². The van der Waals surface area contributed by atoms with Gasteiger partial charge in [0.25, 0.3) is 15.9 Å². The van der Waals surface area contributed by atoms with Gasteiger partial charge >= 0.3 is 5.76 Å². The van der Waals surface area contributed by atoms with Gasteiger partial charge in [0.1, 0.15) is 4.90 Å². The van der Waals surface area contributed by atoms with Gasteiger partial charge in [-0.15, -0.1) is 11.8 Å². The number of hydrogen-bond donors (Lipinski definition) is 2. The lowest BCUT2D eigenvalue weighted by molar-refractivity contribution is -0.117. The molecule has 3 aromatic rings. The van der Waals surface area contributed by atoms with Crippen LogP contribution in [0.1, 0.15) is 117 Å². The normalized spacial score (nSPS) is 14.6. The van der Waals surface area contributed by atoms with E-state index >= 15 is 0 Å². The van der Waals surface area contributed by atoms with Gasteiger partial charge in [-0.1, -0.05) is 91.8 Å². The van der Waals surface area contributed by atoms with Crippen molar-refractivity contribution in [2.75, 3.05) is 30.8 Å². The van der Waals surface area contributed by atoms with Crippen LogP contribution in [0.25, 0.3) is 0 Å². The number of aromatic hydroxyl groups is 1. The molecule has 4 rings (SSSR count). The summed E-state index contributed by atoms with van der Waals surface area (Å²) in [6.07, 6.45) is 8.20. The minimum absolute atomic E-state index is 0.0168. The first-order chi connectivity index (χ1) is 24.8. The van der Waals surface area contributed by atoms with Gasteiger partial charge in [-0.25, -0.2) is 22.8 Å². The predicted octanol–water partition coefficient (Wildman–Crippen LogP) is 8.58. The zero-order valence-electron chi connectivity index (χ0n) is 31.6. The summed E-state index contributed by atoms with van der Waals surface area (Å²) in [4.78, 5) is 34.0. The average Bonchev–Trinajstić information content (AvgIpc) is 3.38. The summed E-state index contributed by atoms with van der Waals surface area (Å²) in [5.74, 6) is -1.60. The molecule has 0 saturated carbocycles. The molecule has 1 unspecified atom stereocenters. The van der Waals surface area contributed by atoms with E-state index in [-0.39, 0.29) is 47.2 Å². The molecule has 2 heterocycles. The number of rotatable bonds is 20. The number of aromatic nitrogens is 1. The monoisotopic (exact) mass is 756 g/mol. The molecule has 0 saturated heterocycles. The van der Waals surface area contributed by atoms with Crippen molar-refractivity contribution < 1.29 is 27.5 Å². The van der Waals surface area contributed by atoms with Gasteiger partial charge in [0.2, 0.25) is 5.88 Å². The topological polar surface area (TPSA) is 143 Å². The Morgan fingerprint density at radius 3 is 2.40 bits per heavy atom. The third-order valence-corrected chi connectivity index (χ3v) is 12.0. The first kappa shape index (κ1) is 41.2. The van der Waals surface area contributed by atoms with Gasteiger partial charge in [-0.3, -0.25) is 9.10 Å². The van der Waals surface area contributed by atoms with Crippen LogP contribution in [-0.2, 0) is 31.4 Å². The van der Waals surface area contributed by atoms with Gasteiger partial charge in [0.15, 0.2) is 17.6 Å². The molecule has 2 N–H and O–H groups in total. The predicted molar refractivity (Wildman–Crippen MR) is 209 cm³/mol. The van der Waals surface area contributed by atoms with Crippen LogP contribution in [0.2, 0.25) is 0 Å². The summed E-state index contributed by atoms with van der Waals surface area (Å²) in [6.45, 7) is 13.2. The summed E-state index contributed by atoms with van der Waals surface area (Å²) in [7, 11) is -4.24. The summed E-state index contributed by atoms with van der Waals surface area (Å²) in [5, 5.41) is 14.5. The van der Waals surface area contributed by atoms with Crippen LogP contribution in [0.15, 0.2) is 66.5 Å². The van der Waals surface area contributed by atoms with E-state index in [1.165, 1.54) is 6.07 Å². The number of nitrogens with one attached hydrogen (secondary N) is 1. The molecule has 1 aliphatic rings. The van der Waals surface area contributed by atoms with E-state index in [0.29, 0.717) is 25.1 Å². The zero-order chi connectivity index (χ0) is 37.9. The van der Waals surface area contributed by atoms with Crippen LogP contribution in [0, 0.1) is 0 Å². The molecule has 2 aromatic carbocycles. The maximum atomic E-state index is 14.8. The standard InChI is InChI=1S/C39H56N4O7S2/c1-7-10-13-16-26-51-32-22-21-28(39(4,5)6)27-30(32)41-36(44)34(43-37(45)31(19-11-8-2)50-38(43)46)35-40-29-18-14-15-20-33(29)52(47,48)42(35)23-17-25-49-24-12-9-3/h14-15,18,20-22,27,34,45H,7-13,16-17,19,23-26H2,1-6H3,(H,41,44). The fourth-order valence-corrected chi connectivity index (χ4v) is 8.53. The van der Waals surface area contributed by atoms with Crippen LogP contribution in [0.4, 0.5) is 11.4 Å². The minimum atomic E-state index is -4.24. The number of ether oxygens (including phenoxy) is 1. The number of oxazole rings is 1. The second kappa shape index (κ2) is 19.0. The highest BCUT2D eigenvalue weighted by Gasteiger charge is 2.43. The van der Waals surface area contributed by atoms with Gasteiger partial charge in [-0.05, 0) is 66.7 Å². The molecule has 0 spiro atoms. The number of amides is 1. The highest BCUT2D eigenvalue weighted by atomic mass is 32.2. The van der Waals surface area contributed by atoms with Crippen molar-refractivity contribution in [1.82, 2.24) is 8.87 Å². The van der Waals surface area contributed by atoms with E-state index in [4.69, 9.17) is 14.1 Å². The molecule has 13 heteroatoms. The van der Waals surface area contributed by atoms with Crippen LogP contribution in [0.3, 0.4) is 0 Å². The van der Waals surface area contributed by atoms with E-state index in [1.54, 1.807) is 30.0 Å². The van der Waals surface area contributed by atoms with Crippen LogP contribution in [-0.4, -0.2) is 59.7 Å². The Morgan fingerprint density at radius 2 is 1.69 bits per heavy atom. The summed E-state index contributed by atoms with van der Waals surface area (Å²) in [6, 6.07) is 10.6. The van der Waals surface area contributed by atoms with Crippen molar-refractivity contribution in [3.05, 3.63) is 64.3 Å². The van der Waals surface area contributed by atoms with E-state index < -0.39 is 33.6 Å². The number of aryl methyl sites for hydroxylation is 1. The quantitative estimate of drug-likeness (QED) is 0.0862. The SMILES string of the molecule is CCCCCCSc1ccc(C(C)(C)C)cc1NC(=O)C(C1=Nc2ccccc2S(=O)(=O)N1CCCOCCCC)n1c(O)c(CCCC)oc1=O. The molecule has 0 aliphatic carbocycles. The van der Waals surface area contributed by atoms with Crippen molar-refractivity contribution in [1.29, 1.82) is 0 Å². The Kier molecular flexibility index (Phi) is 15.0. The number of benzene rings is 2. The second-order valence-electron chi connectivity index (χ2n) is 14.2. The molecule has 0 radical (unpaired) electrons. The maximum Gasteiger partial charge on any atom is 0.423 e. The second-order valence-corrected chi connectivity index (χ2v) is 17.2. The van der Waals surface area contributed by atoms with Crippen molar-refractivity contribution in [2.24, 2.45) is 4.99 Å². The largest absolute Gasteiger partial charge is 0.492 e. The van der Waals surface area contributed by atoms with E-state index in [2.05, 4.69) is 39.9 Å². The third kappa shape index (κ3) is 10.1. The summed E-state index contributed by atoms with van der Waals surface area (Å²) < 4.78 is 41.8. The highest BCUT2D eigenvalue weighted by Crippen LogP contribution is 2.38. The number of thioether (sulfide) groups is 1. The van der Waals surface area contributed by atoms with E-state index in [0.717, 1.165) is 70.0 Å². The summed E-state index contributed by atoms with van der Waals surface area (Å²) in [5.41, 5.74) is 1.40. The molecule has 52 heavy (non-hydrogen) atoms. The number of amidine groups is 1. The van der Waals surface area contributed by atoms with Gasteiger partial charge in [0, 0.05) is 31.1 Å². The minimum Gasteiger partial charge on any atom is -0.492 e. The number of fused-ring (bicyclic) bond motifs is 1. The smallest absolute Gasteiger partial charge is 0.423 e.